The van der Waals surface area contributed by atoms with Gasteiger partial charge in [0.05, 0.1) is 0 Å². The van der Waals surface area contributed by atoms with Crippen LogP contribution >= 0.6 is 12.6 Å². The van der Waals surface area contributed by atoms with Crippen LogP contribution in [0.5, 0.6) is 0 Å². The topological polar surface area (TPSA) is 32.3 Å². The Hall–Kier alpha value is -0.480. The molecule has 4 atom stereocenters. The Kier molecular flexibility index (Phi) is 11.7. The van der Waals surface area contributed by atoms with Gasteiger partial charge in [-0.3, -0.25) is 4.79 Å². The lowest BCUT2D eigenvalue weighted by Gasteiger charge is -2.29. The average molecular weight is 329 g/mol. The van der Waals surface area contributed by atoms with Crippen LogP contribution in [0, 0.1) is 11.8 Å². The van der Waals surface area contributed by atoms with E-state index in [4.69, 9.17) is 0 Å². The first-order valence-electron chi connectivity index (χ1n) is 8.73. The molecule has 1 fully saturated rings. The molecule has 0 spiro atoms. The van der Waals surface area contributed by atoms with Crippen LogP contribution in [0.4, 0.5) is 0 Å². The first-order chi connectivity index (χ1) is 10.5. The predicted octanol–water partition coefficient (Wildman–Crippen LogP) is 3.76. The Bertz CT molecular complexity index is 322. The first kappa shape index (κ1) is 21.5. The molecule has 0 bridgehead atoms. The van der Waals surface area contributed by atoms with Crippen molar-refractivity contribution in [2.24, 2.45) is 11.8 Å². The molecule has 1 aliphatic rings. The van der Waals surface area contributed by atoms with Gasteiger partial charge >= 0.3 is 0 Å². The zero-order valence-corrected chi connectivity index (χ0v) is 16.0. The first-order valence-corrected chi connectivity index (χ1v) is 9.25. The molecule has 0 aromatic carbocycles. The van der Waals surface area contributed by atoms with Gasteiger partial charge in [0.25, 0.3) is 0 Å². The molecule has 1 aliphatic heterocycles. The number of likely N-dealkylation sites (tertiary alicyclic amines) is 1. The third-order valence-electron chi connectivity index (χ3n) is 4.18. The number of thiol groups is 1. The molecule has 1 N–H and O–H groups in total. The van der Waals surface area contributed by atoms with E-state index in [0.717, 1.165) is 38.8 Å². The molecule has 4 heteroatoms. The van der Waals surface area contributed by atoms with Crippen LogP contribution in [0.25, 0.3) is 0 Å². The summed E-state index contributed by atoms with van der Waals surface area (Å²) in [5.41, 5.74) is 0. The Morgan fingerprint density at radius 1 is 1.45 bits per heavy atom. The monoisotopic (exact) mass is 328 g/mol. The summed E-state index contributed by atoms with van der Waals surface area (Å²) in [5, 5.41) is 3.52. The highest BCUT2D eigenvalue weighted by Gasteiger charge is 2.35. The molecule has 0 aliphatic carbocycles. The minimum atomic E-state index is 0.0428. The van der Waals surface area contributed by atoms with Gasteiger partial charge in [-0.05, 0) is 45.2 Å². The number of allylic oxidation sites excluding steroid dienone is 1. The maximum absolute atomic E-state index is 12.5. The Balaban J connectivity index is 0.00000211. The fourth-order valence-electron chi connectivity index (χ4n) is 2.99. The summed E-state index contributed by atoms with van der Waals surface area (Å²) in [6.07, 6.45) is 5.87. The van der Waals surface area contributed by atoms with Gasteiger partial charge in [0.1, 0.15) is 0 Å². The maximum Gasteiger partial charge on any atom is 0.225 e. The Morgan fingerprint density at radius 3 is 2.64 bits per heavy atom. The van der Waals surface area contributed by atoms with Crippen LogP contribution in [0.2, 0.25) is 0 Å². The Labute approximate surface area is 143 Å². The van der Waals surface area contributed by atoms with E-state index >= 15 is 0 Å². The van der Waals surface area contributed by atoms with Crippen LogP contribution in [-0.2, 0) is 4.79 Å². The summed E-state index contributed by atoms with van der Waals surface area (Å²) in [7, 11) is 1.98. The molecule has 3 nitrogen and oxygen atoms in total. The molecule has 1 saturated heterocycles. The molecule has 130 valence electrons. The molecule has 0 aromatic rings. The summed E-state index contributed by atoms with van der Waals surface area (Å²) in [6.45, 7) is 13.8. The molecular formula is C18H36N2OS. The smallest absolute Gasteiger partial charge is 0.225 e. The van der Waals surface area contributed by atoms with Crippen molar-refractivity contribution in [2.75, 3.05) is 20.1 Å². The molecule has 0 radical (unpaired) electrons. The highest BCUT2D eigenvalue weighted by Crippen LogP contribution is 2.29. The lowest BCUT2D eigenvalue weighted by Crippen LogP contribution is -2.40. The summed E-state index contributed by atoms with van der Waals surface area (Å²) in [4.78, 5) is 14.6. The normalized spacial score (nSPS) is 23.5. The van der Waals surface area contributed by atoms with E-state index in [1.807, 2.05) is 33.9 Å². The molecule has 1 rings (SSSR count). The number of carbonyl (C=O) groups is 1. The number of nitrogens with zero attached hydrogens (tertiary/aromatic N) is 1. The molecule has 0 aromatic heterocycles. The minimum absolute atomic E-state index is 0.0428. The molecule has 0 saturated carbocycles. The van der Waals surface area contributed by atoms with Crippen molar-refractivity contribution in [3.63, 3.8) is 0 Å². The number of nitrogens with one attached hydrogen (secondary N) is 1. The highest BCUT2D eigenvalue weighted by molar-refractivity contribution is 7.81. The van der Waals surface area contributed by atoms with Crippen molar-refractivity contribution in [2.45, 2.75) is 64.7 Å². The van der Waals surface area contributed by atoms with Crippen molar-refractivity contribution in [3.8, 4) is 0 Å². The van der Waals surface area contributed by atoms with Gasteiger partial charge in [-0.25, -0.2) is 0 Å². The summed E-state index contributed by atoms with van der Waals surface area (Å²) >= 11 is 4.59. The van der Waals surface area contributed by atoms with E-state index in [-0.39, 0.29) is 11.8 Å². The van der Waals surface area contributed by atoms with E-state index in [2.05, 4.69) is 36.3 Å². The zero-order chi connectivity index (χ0) is 17.1. The van der Waals surface area contributed by atoms with Gasteiger partial charge < -0.3 is 10.2 Å². The van der Waals surface area contributed by atoms with Crippen LogP contribution in [0.15, 0.2) is 12.7 Å². The van der Waals surface area contributed by atoms with E-state index in [1.165, 1.54) is 0 Å². The highest BCUT2D eigenvalue weighted by atomic mass is 32.1. The maximum atomic E-state index is 12.5. The van der Waals surface area contributed by atoms with Crippen LogP contribution < -0.4 is 5.32 Å². The number of hydrogen-bond donors (Lipinski definition) is 2. The second kappa shape index (κ2) is 12.0. The van der Waals surface area contributed by atoms with Gasteiger partial charge in [-0.2, -0.15) is 12.6 Å². The predicted molar refractivity (Wildman–Crippen MR) is 101 cm³/mol. The molecule has 1 amide bonds. The lowest BCUT2D eigenvalue weighted by atomic mass is 9.96. The summed E-state index contributed by atoms with van der Waals surface area (Å²) in [5.74, 6) is 0.949. The SMILES string of the molecule is C=CCC(C)C(=O)N1CC(S)C[C@H]1CC(C)CCNC.CC. The molecule has 22 heavy (non-hydrogen) atoms. The largest absolute Gasteiger partial charge is 0.338 e. The van der Waals surface area contributed by atoms with Crippen molar-refractivity contribution in [3.05, 3.63) is 12.7 Å². The fraction of sp³-hybridized carbons (Fsp3) is 0.833. The second-order valence-electron chi connectivity index (χ2n) is 6.19. The Morgan fingerprint density at radius 2 is 2.09 bits per heavy atom. The van der Waals surface area contributed by atoms with Crippen molar-refractivity contribution in [1.82, 2.24) is 10.2 Å². The zero-order valence-electron chi connectivity index (χ0n) is 15.1. The van der Waals surface area contributed by atoms with Crippen molar-refractivity contribution in [1.29, 1.82) is 0 Å². The quantitative estimate of drug-likeness (QED) is 0.525. The van der Waals surface area contributed by atoms with Gasteiger partial charge in [0, 0.05) is 23.8 Å². The van der Waals surface area contributed by atoms with Crippen LogP contribution in [-0.4, -0.2) is 42.2 Å². The van der Waals surface area contributed by atoms with Gasteiger partial charge in [0.15, 0.2) is 0 Å². The van der Waals surface area contributed by atoms with Gasteiger partial charge in [-0.1, -0.05) is 33.8 Å². The van der Waals surface area contributed by atoms with E-state index in [1.54, 1.807) is 0 Å². The summed E-state index contributed by atoms with van der Waals surface area (Å²) < 4.78 is 0. The molecule has 1 heterocycles. The van der Waals surface area contributed by atoms with E-state index in [0.29, 0.717) is 17.2 Å². The number of hydrogen-bond acceptors (Lipinski definition) is 3. The molecule has 3 unspecified atom stereocenters. The van der Waals surface area contributed by atoms with Gasteiger partial charge in [0.2, 0.25) is 5.91 Å². The third-order valence-corrected chi connectivity index (χ3v) is 4.55. The van der Waals surface area contributed by atoms with Gasteiger partial charge in [-0.15, -0.1) is 6.58 Å². The molecular weight excluding hydrogens is 292 g/mol. The standard InChI is InChI=1S/C16H30N2OS.C2H6/c1-5-6-13(3)16(19)18-11-15(20)10-14(18)9-12(2)7-8-17-4;1-2/h5,12-15,17,20H,1,6-11H2,2-4H3;1-2H3/t12?,13?,14-,15?;/m1./s1. The van der Waals surface area contributed by atoms with E-state index in [9.17, 15) is 4.79 Å². The third kappa shape index (κ3) is 7.19. The number of carbonyl (C=O) groups excluding carboxylic acids is 1. The fourth-order valence-corrected chi connectivity index (χ4v) is 3.41. The lowest BCUT2D eigenvalue weighted by molar-refractivity contribution is -0.136. The minimum Gasteiger partial charge on any atom is -0.338 e. The number of amides is 1. The van der Waals surface area contributed by atoms with E-state index < -0.39 is 0 Å². The van der Waals surface area contributed by atoms with Crippen LogP contribution in [0.3, 0.4) is 0 Å². The average Bonchev–Trinajstić information content (AvgIpc) is 2.87. The van der Waals surface area contributed by atoms with Crippen molar-refractivity contribution >= 4 is 18.5 Å². The summed E-state index contributed by atoms with van der Waals surface area (Å²) in [6, 6.07) is 0.365. The van der Waals surface area contributed by atoms with Crippen LogP contribution in [0.1, 0.15) is 53.4 Å². The number of rotatable bonds is 8. The second-order valence-corrected chi connectivity index (χ2v) is 6.92. The van der Waals surface area contributed by atoms with Crippen molar-refractivity contribution < 1.29 is 4.79 Å².